The van der Waals surface area contributed by atoms with E-state index in [9.17, 15) is 13.2 Å². The summed E-state index contributed by atoms with van der Waals surface area (Å²) in [5.41, 5.74) is 2.44. The molecule has 2 heterocycles. The zero-order valence-corrected chi connectivity index (χ0v) is 17.0. The predicted octanol–water partition coefficient (Wildman–Crippen LogP) is 2.98. The summed E-state index contributed by atoms with van der Waals surface area (Å²) in [5, 5.41) is 0. The van der Waals surface area contributed by atoms with E-state index in [4.69, 9.17) is 0 Å². The molecule has 0 unspecified atom stereocenters. The van der Waals surface area contributed by atoms with E-state index in [-0.39, 0.29) is 17.9 Å². The van der Waals surface area contributed by atoms with Crippen molar-refractivity contribution in [1.82, 2.24) is 4.90 Å². The van der Waals surface area contributed by atoms with Crippen molar-refractivity contribution in [2.75, 3.05) is 28.7 Å². The SMILES string of the molecule is C[C@@H](C(=O)N1CCC(N2c3ccccc3N(C)S2(=O)=O)CC1)c1ccccc1. The largest absolute Gasteiger partial charge is 0.342 e. The third kappa shape index (κ3) is 3.03. The summed E-state index contributed by atoms with van der Waals surface area (Å²) in [6, 6.07) is 17.0. The van der Waals surface area contributed by atoms with Gasteiger partial charge in [0.1, 0.15) is 0 Å². The van der Waals surface area contributed by atoms with Crippen LogP contribution in [0.2, 0.25) is 0 Å². The number of carbonyl (C=O) groups excluding carboxylic acids is 1. The Bertz CT molecular complexity index is 969. The number of carbonyl (C=O) groups is 1. The van der Waals surface area contributed by atoms with Crippen LogP contribution in [0, 0.1) is 0 Å². The smallest absolute Gasteiger partial charge is 0.326 e. The molecule has 1 fully saturated rings. The fourth-order valence-electron chi connectivity index (χ4n) is 4.16. The van der Waals surface area contributed by atoms with Crippen molar-refractivity contribution < 1.29 is 13.2 Å². The van der Waals surface area contributed by atoms with E-state index >= 15 is 0 Å². The normalized spacial score (nSPS) is 20.1. The Morgan fingerprint density at radius 3 is 2.18 bits per heavy atom. The molecule has 2 aliphatic heterocycles. The van der Waals surface area contributed by atoms with Gasteiger partial charge in [0, 0.05) is 20.1 Å². The Labute approximate surface area is 166 Å². The van der Waals surface area contributed by atoms with E-state index in [1.165, 1.54) is 4.31 Å². The van der Waals surface area contributed by atoms with Gasteiger partial charge in [0.2, 0.25) is 5.91 Å². The molecule has 0 aromatic heterocycles. The second-order valence-electron chi connectivity index (χ2n) is 7.45. The third-order valence-electron chi connectivity index (χ3n) is 5.83. The number of para-hydroxylation sites is 2. The van der Waals surface area contributed by atoms with Gasteiger partial charge in [-0.05, 0) is 37.5 Å². The van der Waals surface area contributed by atoms with Crippen molar-refractivity contribution in [1.29, 1.82) is 0 Å². The number of hydrogen-bond acceptors (Lipinski definition) is 3. The number of piperidine rings is 1. The summed E-state index contributed by atoms with van der Waals surface area (Å²) in [5.74, 6) is -0.0911. The lowest BCUT2D eigenvalue weighted by Gasteiger charge is -2.37. The Morgan fingerprint density at radius 1 is 0.964 bits per heavy atom. The number of rotatable bonds is 3. The molecule has 0 spiro atoms. The lowest BCUT2D eigenvalue weighted by Crippen LogP contribution is -2.50. The van der Waals surface area contributed by atoms with Crippen molar-refractivity contribution in [2.24, 2.45) is 0 Å². The molecule has 6 nitrogen and oxygen atoms in total. The molecule has 7 heteroatoms. The van der Waals surface area contributed by atoms with Crippen molar-refractivity contribution in [2.45, 2.75) is 31.7 Å². The molecule has 2 aromatic rings. The highest BCUT2D eigenvalue weighted by Crippen LogP contribution is 2.42. The maximum absolute atomic E-state index is 12.9. The maximum Gasteiger partial charge on any atom is 0.326 e. The van der Waals surface area contributed by atoms with Crippen LogP contribution in [0.25, 0.3) is 0 Å². The van der Waals surface area contributed by atoms with E-state index in [2.05, 4.69) is 0 Å². The number of hydrogen-bond donors (Lipinski definition) is 0. The lowest BCUT2D eigenvalue weighted by molar-refractivity contribution is -0.133. The van der Waals surface area contributed by atoms with Crippen LogP contribution in [0.3, 0.4) is 0 Å². The summed E-state index contributed by atoms with van der Waals surface area (Å²) >= 11 is 0. The standard InChI is InChI=1S/C21H25N3O3S/c1-16(17-8-4-3-5-9-17)21(25)23-14-12-18(13-15-23)24-20-11-7-6-10-19(20)22(2)28(24,26)27/h3-11,16,18H,12-15H2,1-2H3/t16-/m1/s1. The zero-order valence-electron chi connectivity index (χ0n) is 16.2. The number of likely N-dealkylation sites (tertiary alicyclic amines) is 1. The summed E-state index contributed by atoms with van der Waals surface area (Å²) in [7, 11) is -1.97. The van der Waals surface area contributed by atoms with Crippen LogP contribution >= 0.6 is 0 Å². The minimum Gasteiger partial charge on any atom is -0.342 e. The second-order valence-corrected chi connectivity index (χ2v) is 9.29. The monoisotopic (exact) mass is 399 g/mol. The Hall–Kier alpha value is -2.54. The van der Waals surface area contributed by atoms with Crippen molar-refractivity contribution >= 4 is 27.5 Å². The van der Waals surface area contributed by atoms with Gasteiger partial charge in [0.15, 0.2) is 0 Å². The van der Waals surface area contributed by atoms with Crippen molar-refractivity contribution in [3.8, 4) is 0 Å². The quantitative estimate of drug-likeness (QED) is 0.797. The first kappa shape index (κ1) is 18.8. The molecule has 0 N–H and O–H groups in total. The minimum atomic E-state index is -3.56. The number of benzene rings is 2. The van der Waals surface area contributed by atoms with Crippen molar-refractivity contribution in [3.05, 3.63) is 60.2 Å². The molecule has 1 saturated heterocycles. The summed E-state index contributed by atoms with van der Waals surface area (Å²) in [6.07, 6.45) is 1.27. The van der Waals surface area contributed by atoms with E-state index in [1.54, 1.807) is 11.4 Å². The number of fused-ring (bicyclic) bond motifs is 1. The number of nitrogens with zero attached hydrogens (tertiary/aromatic N) is 3. The first-order valence-corrected chi connectivity index (χ1v) is 11.0. The van der Waals surface area contributed by atoms with Gasteiger partial charge in [0.25, 0.3) is 0 Å². The van der Waals surface area contributed by atoms with Gasteiger partial charge in [-0.15, -0.1) is 0 Å². The molecular weight excluding hydrogens is 374 g/mol. The second kappa shape index (κ2) is 7.13. The number of amides is 1. The highest BCUT2D eigenvalue weighted by Gasteiger charge is 2.43. The molecule has 0 bridgehead atoms. The van der Waals surface area contributed by atoms with Crippen LogP contribution in [0.5, 0.6) is 0 Å². The Morgan fingerprint density at radius 2 is 1.54 bits per heavy atom. The highest BCUT2D eigenvalue weighted by molar-refractivity contribution is 7.94. The fraction of sp³-hybridized carbons (Fsp3) is 0.381. The lowest BCUT2D eigenvalue weighted by atomic mass is 9.97. The van der Waals surface area contributed by atoms with E-state index in [0.717, 1.165) is 11.3 Å². The summed E-state index contributed by atoms with van der Waals surface area (Å²) in [4.78, 5) is 14.8. The molecule has 0 saturated carbocycles. The van der Waals surface area contributed by atoms with Crippen LogP contribution in [0.15, 0.2) is 54.6 Å². The third-order valence-corrected chi connectivity index (χ3v) is 7.71. The van der Waals surface area contributed by atoms with Crippen LogP contribution < -0.4 is 8.61 Å². The van der Waals surface area contributed by atoms with Gasteiger partial charge in [-0.2, -0.15) is 8.42 Å². The summed E-state index contributed by atoms with van der Waals surface area (Å²) in [6.45, 7) is 3.07. The first-order chi connectivity index (χ1) is 13.4. The van der Waals surface area contributed by atoms with Crippen LogP contribution in [-0.4, -0.2) is 45.4 Å². The fourth-order valence-corrected chi connectivity index (χ4v) is 5.82. The molecule has 2 aromatic carbocycles. The average molecular weight is 400 g/mol. The van der Waals surface area contributed by atoms with Gasteiger partial charge in [-0.1, -0.05) is 42.5 Å². The molecule has 0 radical (unpaired) electrons. The average Bonchev–Trinajstić information content (AvgIpc) is 2.93. The maximum atomic E-state index is 12.9. The van der Waals surface area contributed by atoms with Gasteiger partial charge in [-0.25, -0.2) is 4.31 Å². The molecule has 4 rings (SSSR count). The van der Waals surface area contributed by atoms with Gasteiger partial charge in [0.05, 0.1) is 23.3 Å². The van der Waals surface area contributed by atoms with Crippen LogP contribution in [0.1, 0.15) is 31.2 Å². The minimum absolute atomic E-state index is 0.103. The molecular formula is C21H25N3O3S. The Balaban J connectivity index is 1.48. The van der Waals surface area contributed by atoms with Crippen LogP contribution in [0.4, 0.5) is 11.4 Å². The van der Waals surface area contributed by atoms with Gasteiger partial charge >= 0.3 is 10.2 Å². The molecule has 1 amide bonds. The van der Waals surface area contributed by atoms with E-state index < -0.39 is 10.2 Å². The Kier molecular flexibility index (Phi) is 4.79. The first-order valence-electron chi connectivity index (χ1n) is 9.62. The molecule has 0 aliphatic carbocycles. The molecule has 28 heavy (non-hydrogen) atoms. The molecule has 1 atom stereocenters. The predicted molar refractivity (Wildman–Crippen MR) is 111 cm³/mol. The summed E-state index contributed by atoms with van der Waals surface area (Å²) < 4.78 is 28.7. The molecule has 2 aliphatic rings. The topological polar surface area (TPSA) is 60.9 Å². The number of anilines is 2. The van der Waals surface area contributed by atoms with Crippen LogP contribution in [-0.2, 0) is 15.0 Å². The van der Waals surface area contributed by atoms with Crippen molar-refractivity contribution in [3.63, 3.8) is 0 Å². The van der Waals surface area contributed by atoms with Gasteiger partial charge in [-0.3, -0.25) is 9.10 Å². The van der Waals surface area contributed by atoms with E-state index in [0.29, 0.717) is 31.6 Å². The zero-order chi connectivity index (χ0) is 19.9. The van der Waals surface area contributed by atoms with Gasteiger partial charge < -0.3 is 4.90 Å². The highest BCUT2D eigenvalue weighted by atomic mass is 32.2. The molecule has 148 valence electrons. The van der Waals surface area contributed by atoms with E-state index in [1.807, 2.05) is 66.4 Å².